The summed E-state index contributed by atoms with van der Waals surface area (Å²) < 4.78 is 0. The number of benzene rings is 1. The third-order valence-electron chi connectivity index (χ3n) is 1.99. The molecule has 70 valence electrons. The summed E-state index contributed by atoms with van der Waals surface area (Å²) in [6, 6.07) is 9.71. The van der Waals surface area contributed by atoms with E-state index in [0.717, 1.165) is 11.4 Å². The molecule has 14 heavy (non-hydrogen) atoms. The van der Waals surface area contributed by atoms with Gasteiger partial charge in [0.05, 0.1) is 0 Å². The molecule has 0 spiro atoms. The Kier molecular flexibility index (Phi) is 2.14. The van der Waals surface area contributed by atoms with E-state index in [2.05, 4.69) is 9.97 Å². The van der Waals surface area contributed by atoms with Crippen molar-refractivity contribution in [2.45, 2.75) is 6.92 Å². The number of ketones is 1. The second kappa shape index (κ2) is 3.46. The molecule has 1 heterocycles. The van der Waals surface area contributed by atoms with Crippen molar-refractivity contribution in [1.29, 1.82) is 0 Å². The number of aromatic nitrogens is 2. The minimum Gasteiger partial charge on any atom is -0.344 e. The Hall–Kier alpha value is -1.90. The molecular weight excluding hydrogens is 176 g/mol. The molecule has 0 unspecified atom stereocenters. The van der Waals surface area contributed by atoms with Crippen LogP contribution >= 0.6 is 0 Å². The molecule has 2 rings (SSSR count). The van der Waals surface area contributed by atoms with Crippen molar-refractivity contribution in [3.63, 3.8) is 0 Å². The molecule has 3 heteroatoms. The van der Waals surface area contributed by atoms with Gasteiger partial charge in [-0.25, -0.2) is 4.98 Å². The predicted octanol–water partition coefficient (Wildman–Crippen LogP) is 2.28. The topological polar surface area (TPSA) is 45.8 Å². The van der Waals surface area contributed by atoms with Crippen molar-refractivity contribution >= 4 is 5.78 Å². The number of nitrogens with one attached hydrogen (secondary N) is 1. The smallest absolute Gasteiger partial charge is 0.179 e. The summed E-state index contributed by atoms with van der Waals surface area (Å²) in [6.07, 6.45) is 1.63. The lowest BCUT2D eigenvalue weighted by Crippen LogP contribution is -1.90. The Balaban J connectivity index is 2.39. The van der Waals surface area contributed by atoms with Crippen molar-refractivity contribution in [3.05, 3.63) is 42.2 Å². The van der Waals surface area contributed by atoms with E-state index >= 15 is 0 Å². The number of hydrogen-bond acceptors (Lipinski definition) is 2. The Morgan fingerprint density at radius 2 is 2.00 bits per heavy atom. The molecule has 1 aromatic heterocycles. The average Bonchev–Trinajstić information content (AvgIpc) is 2.68. The number of rotatable bonds is 2. The standard InChI is InChI=1S/C11H10N2O/c1-8(14)10-7-12-11(13-10)9-5-3-2-4-6-9/h2-7H,1H3,(H,12,13). The van der Waals surface area contributed by atoms with Gasteiger partial charge in [-0.15, -0.1) is 0 Å². The maximum absolute atomic E-state index is 11.0. The van der Waals surface area contributed by atoms with Gasteiger partial charge in [0, 0.05) is 18.7 Å². The van der Waals surface area contributed by atoms with Gasteiger partial charge in [0.25, 0.3) is 0 Å². The summed E-state index contributed by atoms with van der Waals surface area (Å²) >= 11 is 0. The first-order valence-corrected chi connectivity index (χ1v) is 4.39. The largest absolute Gasteiger partial charge is 0.344 e. The van der Waals surface area contributed by atoms with Crippen molar-refractivity contribution in [2.24, 2.45) is 0 Å². The van der Waals surface area contributed by atoms with Crippen LogP contribution in [0.3, 0.4) is 0 Å². The first-order chi connectivity index (χ1) is 6.77. The Bertz CT molecular complexity index is 445. The van der Waals surface area contributed by atoms with Crippen LogP contribution in [-0.2, 0) is 0 Å². The Morgan fingerprint density at radius 3 is 2.57 bits per heavy atom. The second-order valence-electron chi connectivity index (χ2n) is 3.06. The molecule has 0 saturated heterocycles. The molecule has 1 aromatic carbocycles. The van der Waals surface area contributed by atoms with Crippen LogP contribution in [-0.4, -0.2) is 15.8 Å². The highest BCUT2D eigenvalue weighted by Crippen LogP contribution is 2.14. The van der Waals surface area contributed by atoms with Gasteiger partial charge in [-0.1, -0.05) is 30.3 Å². The van der Waals surface area contributed by atoms with E-state index in [-0.39, 0.29) is 5.78 Å². The fourth-order valence-corrected chi connectivity index (χ4v) is 1.25. The minimum absolute atomic E-state index is 0.0246. The van der Waals surface area contributed by atoms with Crippen LogP contribution in [0.5, 0.6) is 0 Å². The van der Waals surface area contributed by atoms with Crippen LogP contribution < -0.4 is 0 Å². The van der Waals surface area contributed by atoms with E-state index in [1.807, 2.05) is 30.3 Å². The molecule has 0 radical (unpaired) electrons. The molecule has 3 nitrogen and oxygen atoms in total. The molecular formula is C11H10N2O. The molecule has 0 amide bonds. The third-order valence-corrected chi connectivity index (χ3v) is 1.99. The number of carbonyl (C=O) groups excluding carboxylic acids is 1. The monoisotopic (exact) mass is 186 g/mol. The highest BCUT2D eigenvalue weighted by molar-refractivity contribution is 5.92. The van der Waals surface area contributed by atoms with E-state index in [0.29, 0.717) is 5.69 Å². The van der Waals surface area contributed by atoms with E-state index in [1.165, 1.54) is 6.92 Å². The summed E-state index contributed by atoms with van der Waals surface area (Å²) in [7, 11) is 0. The first kappa shape index (κ1) is 8.69. The van der Waals surface area contributed by atoms with Crippen LogP contribution in [0.4, 0.5) is 0 Å². The summed E-state index contributed by atoms with van der Waals surface area (Å²) in [5.74, 6) is 0.708. The number of H-pyrrole nitrogens is 1. The van der Waals surface area contributed by atoms with Crippen molar-refractivity contribution in [2.75, 3.05) is 0 Å². The summed E-state index contributed by atoms with van der Waals surface area (Å²) in [5.41, 5.74) is 1.46. The Morgan fingerprint density at radius 1 is 1.29 bits per heavy atom. The van der Waals surface area contributed by atoms with Crippen LogP contribution in [0.2, 0.25) is 0 Å². The van der Waals surface area contributed by atoms with Gasteiger partial charge in [-0.2, -0.15) is 0 Å². The Labute approximate surface area is 81.8 Å². The van der Waals surface area contributed by atoms with E-state index < -0.39 is 0 Å². The van der Waals surface area contributed by atoms with Gasteiger partial charge in [0.2, 0.25) is 0 Å². The molecule has 0 bridgehead atoms. The number of hydrogen-bond donors (Lipinski definition) is 1. The maximum Gasteiger partial charge on any atom is 0.179 e. The van der Waals surface area contributed by atoms with Crippen molar-refractivity contribution < 1.29 is 4.79 Å². The number of carbonyl (C=O) groups is 1. The number of imidazole rings is 1. The second-order valence-corrected chi connectivity index (χ2v) is 3.06. The molecule has 1 N–H and O–H groups in total. The molecule has 0 saturated carbocycles. The lowest BCUT2D eigenvalue weighted by molar-refractivity contribution is 0.101. The highest BCUT2D eigenvalue weighted by atomic mass is 16.1. The lowest BCUT2D eigenvalue weighted by atomic mass is 10.2. The molecule has 0 aliphatic carbocycles. The zero-order valence-corrected chi connectivity index (χ0v) is 7.82. The quantitative estimate of drug-likeness (QED) is 0.731. The van der Waals surface area contributed by atoms with Crippen LogP contribution in [0, 0.1) is 0 Å². The van der Waals surface area contributed by atoms with Crippen molar-refractivity contribution in [1.82, 2.24) is 9.97 Å². The fourth-order valence-electron chi connectivity index (χ4n) is 1.25. The SMILES string of the molecule is CC(=O)c1c[nH]c(-c2ccccc2)n1. The highest BCUT2D eigenvalue weighted by Gasteiger charge is 2.05. The van der Waals surface area contributed by atoms with Gasteiger partial charge in [0.1, 0.15) is 11.5 Å². The summed E-state index contributed by atoms with van der Waals surface area (Å²) in [5, 5.41) is 0. The minimum atomic E-state index is -0.0246. The van der Waals surface area contributed by atoms with Gasteiger partial charge >= 0.3 is 0 Å². The van der Waals surface area contributed by atoms with Gasteiger partial charge < -0.3 is 4.98 Å². The maximum atomic E-state index is 11.0. The molecule has 0 atom stereocenters. The van der Waals surface area contributed by atoms with Gasteiger partial charge in [-0.05, 0) is 0 Å². The normalized spacial score (nSPS) is 10.1. The molecule has 0 aliphatic rings. The van der Waals surface area contributed by atoms with Crippen LogP contribution in [0.25, 0.3) is 11.4 Å². The average molecular weight is 186 g/mol. The molecule has 2 aromatic rings. The predicted molar refractivity (Wildman–Crippen MR) is 54.0 cm³/mol. The van der Waals surface area contributed by atoms with Gasteiger partial charge in [0.15, 0.2) is 5.78 Å². The number of aromatic amines is 1. The van der Waals surface area contributed by atoms with Gasteiger partial charge in [-0.3, -0.25) is 4.79 Å². The number of nitrogens with zero attached hydrogens (tertiary/aromatic N) is 1. The number of Topliss-reactive ketones (excluding diaryl/α,β-unsaturated/α-hetero) is 1. The van der Waals surface area contributed by atoms with E-state index in [4.69, 9.17) is 0 Å². The molecule has 0 fully saturated rings. The lowest BCUT2D eigenvalue weighted by Gasteiger charge is -1.93. The first-order valence-electron chi connectivity index (χ1n) is 4.39. The zero-order chi connectivity index (χ0) is 9.97. The van der Waals surface area contributed by atoms with Crippen LogP contribution in [0.15, 0.2) is 36.5 Å². The van der Waals surface area contributed by atoms with Crippen molar-refractivity contribution in [3.8, 4) is 11.4 Å². The van der Waals surface area contributed by atoms with Crippen LogP contribution in [0.1, 0.15) is 17.4 Å². The third kappa shape index (κ3) is 1.57. The van der Waals surface area contributed by atoms with E-state index in [9.17, 15) is 4.79 Å². The zero-order valence-electron chi connectivity index (χ0n) is 7.82. The molecule has 0 aliphatic heterocycles. The summed E-state index contributed by atoms with van der Waals surface area (Å²) in [6.45, 7) is 1.50. The fraction of sp³-hybridized carbons (Fsp3) is 0.0909. The van der Waals surface area contributed by atoms with E-state index in [1.54, 1.807) is 6.20 Å². The summed E-state index contributed by atoms with van der Waals surface area (Å²) in [4.78, 5) is 18.2.